The van der Waals surface area contributed by atoms with Crippen molar-refractivity contribution in [1.82, 2.24) is 10.6 Å². The molecule has 100 valence electrons. The minimum atomic E-state index is -0.227. The highest BCUT2D eigenvalue weighted by atomic mass is 35.5. The average molecular weight is 263 g/mol. The Morgan fingerprint density at radius 2 is 2.18 bits per heavy atom. The first kappa shape index (κ1) is 14.7. The number of ether oxygens (including phenoxy) is 1. The molecule has 1 amide bonds. The van der Waals surface area contributed by atoms with Crippen LogP contribution in [0.3, 0.4) is 0 Å². The molecule has 0 radical (unpaired) electrons. The fourth-order valence-electron chi connectivity index (χ4n) is 2.47. The fraction of sp³-hybridized carbons (Fsp3) is 0.917. The third-order valence-electron chi connectivity index (χ3n) is 3.84. The molecule has 0 aromatic rings. The third-order valence-corrected chi connectivity index (χ3v) is 3.84. The highest BCUT2D eigenvalue weighted by molar-refractivity contribution is 5.85. The van der Waals surface area contributed by atoms with Crippen molar-refractivity contribution in [3.8, 4) is 0 Å². The lowest BCUT2D eigenvalue weighted by molar-refractivity contribution is -0.130. The van der Waals surface area contributed by atoms with Crippen molar-refractivity contribution in [3.05, 3.63) is 0 Å². The second-order valence-electron chi connectivity index (χ2n) is 5.57. The fourth-order valence-corrected chi connectivity index (χ4v) is 2.47. The van der Waals surface area contributed by atoms with Gasteiger partial charge in [0, 0.05) is 19.7 Å². The van der Waals surface area contributed by atoms with Crippen LogP contribution in [0.1, 0.15) is 33.1 Å². The molecule has 0 aliphatic carbocycles. The van der Waals surface area contributed by atoms with E-state index in [0.717, 1.165) is 39.0 Å². The second-order valence-corrected chi connectivity index (χ2v) is 5.57. The molecule has 0 aromatic carbocycles. The van der Waals surface area contributed by atoms with E-state index in [2.05, 4.69) is 17.6 Å². The summed E-state index contributed by atoms with van der Waals surface area (Å²) in [5, 5.41) is 6.28. The van der Waals surface area contributed by atoms with Crippen molar-refractivity contribution in [3.63, 3.8) is 0 Å². The number of nitrogens with one attached hydrogen (secondary N) is 2. The van der Waals surface area contributed by atoms with Crippen LogP contribution in [0.4, 0.5) is 0 Å². The number of carbonyl (C=O) groups excluding carboxylic acids is 1. The molecule has 2 heterocycles. The lowest BCUT2D eigenvalue weighted by Gasteiger charge is -2.27. The van der Waals surface area contributed by atoms with E-state index >= 15 is 0 Å². The molecule has 2 aliphatic rings. The first-order valence-electron chi connectivity index (χ1n) is 6.17. The molecule has 4 nitrogen and oxygen atoms in total. The Hall–Kier alpha value is -0.320. The van der Waals surface area contributed by atoms with Crippen molar-refractivity contribution in [2.24, 2.45) is 5.41 Å². The van der Waals surface area contributed by atoms with Crippen LogP contribution in [0.25, 0.3) is 0 Å². The second kappa shape index (κ2) is 5.55. The molecule has 2 atom stereocenters. The Bertz CT molecular complexity index is 272. The summed E-state index contributed by atoms with van der Waals surface area (Å²) in [6.07, 6.45) is 3.07. The maximum absolute atomic E-state index is 12.1. The van der Waals surface area contributed by atoms with Crippen molar-refractivity contribution in [1.29, 1.82) is 0 Å². The topological polar surface area (TPSA) is 50.4 Å². The molecule has 0 saturated carbocycles. The molecule has 2 saturated heterocycles. The van der Waals surface area contributed by atoms with Gasteiger partial charge in [0.25, 0.3) is 0 Å². The summed E-state index contributed by atoms with van der Waals surface area (Å²) in [6.45, 7) is 7.30. The van der Waals surface area contributed by atoms with Crippen LogP contribution in [0, 0.1) is 5.41 Å². The van der Waals surface area contributed by atoms with Gasteiger partial charge in [0.2, 0.25) is 5.91 Å². The minimum absolute atomic E-state index is 0. The molecule has 0 spiro atoms. The Labute approximate surface area is 109 Å². The predicted octanol–water partition coefficient (Wildman–Crippen LogP) is 1.09. The van der Waals surface area contributed by atoms with Gasteiger partial charge in [0.1, 0.15) is 0 Å². The van der Waals surface area contributed by atoms with Crippen molar-refractivity contribution in [2.45, 2.75) is 38.7 Å². The van der Waals surface area contributed by atoms with Gasteiger partial charge in [-0.2, -0.15) is 0 Å². The zero-order valence-corrected chi connectivity index (χ0v) is 11.5. The number of hydrogen-bond donors (Lipinski definition) is 2. The molecule has 2 unspecified atom stereocenters. The molecule has 2 aliphatic heterocycles. The highest BCUT2D eigenvalue weighted by Gasteiger charge is 2.38. The Morgan fingerprint density at radius 3 is 2.71 bits per heavy atom. The monoisotopic (exact) mass is 262 g/mol. The van der Waals surface area contributed by atoms with E-state index < -0.39 is 0 Å². The zero-order chi connectivity index (χ0) is 11.6. The Morgan fingerprint density at radius 1 is 1.41 bits per heavy atom. The average Bonchev–Trinajstić information content (AvgIpc) is 2.86. The van der Waals surface area contributed by atoms with E-state index in [0.29, 0.717) is 6.54 Å². The van der Waals surface area contributed by atoms with Gasteiger partial charge in [-0.25, -0.2) is 0 Å². The SMILES string of the molecule is CC1(CNC(=O)C2(C)CCNC2)CCCO1.Cl. The van der Waals surface area contributed by atoms with E-state index in [-0.39, 0.29) is 29.3 Å². The number of carbonyl (C=O) groups is 1. The quantitative estimate of drug-likeness (QED) is 0.801. The predicted molar refractivity (Wildman–Crippen MR) is 69.4 cm³/mol. The van der Waals surface area contributed by atoms with Gasteiger partial charge in [0.15, 0.2) is 0 Å². The first-order valence-corrected chi connectivity index (χ1v) is 6.17. The van der Waals surface area contributed by atoms with Gasteiger partial charge in [0.05, 0.1) is 11.0 Å². The van der Waals surface area contributed by atoms with Gasteiger partial charge < -0.3 is 15.4 Å². The summed E-state index contributed by atoms with van der Waals surface area (Å²) < 4.78 is 5.66. The van der Waals surface area contributed by atoms with Crippen LogP contribution in [-0.2, 0) is 9.53 Å². The van der Waals surface area contributed by atoms with Crippen molar-refractivity contribution in [2.75, 3.05) is 26.2 Å². The van der Waals surface area contributed by atoms with Crippen molar-refractivity contribution >= 4 is 18.3 Å². The summed E-state index contributed by atoms with van der Waals surface area (Å²) in [5.41, 5.74) is -0.368. The number of amides is 1. The molecule has 2 fully saturated rings. The first-order chi connectivity index (χ1) is 7.54. The van der Waals surface area contributed by atoms with Crippen LogP contribution < -0.4 is 10.6 Å². The lowest BCUT2D eigenvalue weighted by atomic mass is 9.88. The van der Waals surface area contributed by atoms with E-state index in [1.807, 2.05) is 6.92 Å². The van der Waals surface area contributed by atoms with Crippen LogP contribution in [0.5, 0.6) is 0 Å². The number of hydrogen-bond acceptors (Lipinski definition) is 3. The highest BCUT2D eigenvalue weighted by Crippen LogP contribution is 2.27. The zero-order valence-electron chi connectivity index (χ0n) is 10.7. The van der Waals surface area contributed by atoms with E-state index in [1.54, 1.807) is 0 Å². The molecule has 2 rings (SSSR count). The van der Waals surface area contributed by atoms with Crippen LogP contribution in [-0.4, -0.2) is 37.7 Å². The lowest BCUT2D eigenvalue weighted by Crippen LogP contribution is -2.46. The van der Waals surface area contributed by atoms with Gasteiger partial charge >= 0.3 is 0 Å². The Balaban J connectivity index is 0.00000144. The maximum atomic E-state index is 12.1. The minimum Gasteiger partial charge on any atom is -0.373 e. The van der Waals surface area contributed by atoms with Crippen LogP contribution >= 0.6 is 12.4 Å². The molecule has 5 heteroatoms. The van der Waals surface area contributed by atoms with Crippen LogP contribution in [0.15, 0.2) is 0 Å². The van der Waals surface area contributed by atoms with Crippen LogP contribution in [0.2, 0.25) is 0 Å². The van der Waals surface area contributed by atoms with Gasteiger partial charge in [-0.05, 0) is 39.7 Å². The normalized spacial score (nSPS) is 36.6. The number of rotatable bonds is 3. The van der Waals surface area contributed by atoms with E-state index in [1.165, 1.54) is 0 Å². The maximum Gasteiger partial charge on any atom is 0.227 e. The summed E-state index contributed by atoms with van der Waals surface area (Å²) in [4.78, 5) is 12.1. The largest absolute Gasteiger partial charge is 0.373 e. The van der Waals surface area contributed by atoms with Gasteiger partial charge in [-0.1, -0.05) is 0 Å². The van der Waals surface area contributed by atoms with Crippen molar-refractivity contribution < 1.29 is 9.53 Å². The molecule has 17 heavy (non-hydrogen) atoms. The Kier molecular flexibility index (Phi) is 4.81. The molecule has 0 bridgehead atoms. The summed E-state index contributed by atoms with van der Waals surface area (Å²) >= 11 is 0. The summed E-state index contributed by atoms with van der Waals surface area (Å²) in [6, 6.07) is 0. The summed E-state index contributed by atoms with van der Waals surface area (Å²) in [5.74, 6) is 0.161. The molecule has 0 aromatic heterocycles. The van der Waals surface area contributed by atoms with E-state index in [9.17, 15) is 4.79 Å². The summed E-state index contributed by atoms with van der Waals surface area (Å²) in [7, 11) is 0. The van der Waals surface area contributed by atoms with Gasteiger partial charge in [-0.15, -0.1) is 12.4 Å². The van der Waals surface area contributed by atoms with Gasteiger partial charge in [-0.3, -0.25) is 4.79 Å². The molecular weight excluding hydrogens is 240 g/mol. The smallest absolute Gasteiger partial charge is 0.227 e. The molecular formula is C12H23ClN2O2. The van der Waals surface area contributed by atoms with E-state index in [4.69, 9.17) is 4.74 Å². The third kappa shape index (κ3) is 3.33. The number of halogens is 1. The standard InChI is InChI=1S/C12H22N2O2.ClH/c1-11(5-6-13-8-11)10(15)14-9-12(2)4-3-7-16-12;/h13H,3-9H2,1-2H3,(H,14,15);1H. The molecule has 2 N–H and O–H groups in total.